The minimum atomic E-state index is -3.64. The van der Waals surface area contributed by atoms with E-state index >= 15 is 0 Å². The van der Waals surface area contributed by atoms with Gasteiger partial charge in [-0.15, -0.1) is 0 Å². The Bertz CT molecular complexity index is 732. The molecule has 20 heavy (non-hydrogen) atoms. The maximum atomic E-state index is 12.7. The van der Waals surface area contributed by atoms with E-state index < -0.39 is 10.0 Å². The molecular formula is C13H12ClN3O2S. The fraction of sp³-hybridized carbons (Fsp3) is 0.231. The van der Waals surface area contributed by atoms with Crippen LogP contribution in [0.15, 0.2) is 41.6 Å². The molecule has 0 radical (unpaired) electrons. The summed E-state index contributed by atoms with van der Waals surface area (Å²) in [7, 11) is -3.64. The van der Waals surface area contributed by atoms with E-state index in [9.17, 15) is 8.42 Å². The fourth-order valence-corrected chi connectivity index (χ4v) is 3.84. The number of para-hydroxylation sites is 1. The molecule has 0 unspecified atom stereocenters. The van der Waals surface area contributed by atoms with Crippen molar-refractivity contribution >= 4 is 27.3 Å². The summed E-state index contributed by atoms with van der Waals surface area (Å²) >= 11 is 5.60. The third-order valence-corrected chi connectivity index (χ3v) is 5.21. The Balaban J connectivity index is 2.07. The van der Waals surface area contributed by atoms with E-state index in [0.717, 1.165) is 24.1 Å². The van der Waals surface area contributed by atoms with Gasteiger partial charge in [0.1, 0.15) is 4.90 Å². The minimum absolute atomic E-state index is 0.0306. The number of aryl methyl sites for hydroxylation is 1. The number of nitrogens with zero attached hydrogens (tertiary/aromatic N) is 3. The Morgan fingerprint density at radius 3 is 2.60 bits per heavy atom. The predicted molar refractivity (Wildman–Crippen MR) is 76.3 cm³/mol. The van der Waals surface area contributed by atoms with Gasteiger partial charge in [-0.1, -0.05) is 18.2 Å². The molecule has 0 fully saturated rings. The van der Waals surface area contributed by atoms with Crippen LogP contribution in [0.4, 0.5) is 5.69 Å². The molecule has 0 N–H and O–H groups in total. The van der Waals surface area contributed by atoms with Crippen LogP contribution in [-0.2, 0) is 16.4 Å². The maximum absolute atomic E-state index is 12.7. The van der Waals surface area contributed by atoms with Gasteiger partial charge in [-0.3, -0.25) is 4.31 Å². The number of benzene rings is 1. The van der Waals surface area contributed by atoms with E-state index in [1.54, 1.807) is 0 Å². The van der Waals surface area contributed by atoms with Gasteiger partial charge in [-0.05, 0) is 36.1 Å². The molecule has 2 heterocycles. The number of rotatable bonds is 2. The average Bonchev–Trinajstić information content (AvgIpc) is 2.47. The van der Waals surface area contributed by atoms with Gasteiger partial charge in [-0.25, -0.2) is 18.4 Å². The maximum Gasteiger partial charge on any atom is 0.267 e. The molecule has 104 valence electrons. The molecule has 1 aliphatic heterocycles. The van der Waals surface area contributed by atoms with Crippen LogP contribution < -0.4 is 4.31 Å². The molecule has 7 heteroatoms. The zero-order valence-corrected chi connectivity index (χ0v) is 12.1. The van der Waals surface area contributed by atoms with Crippen molar-refractivity contribution in [2.24, 2.45) is 0 Å². The van der Waals surface area contributed by atoms with E-state index in [2.05, 4.69) is 9.97 Å². The lowest BCUT2D eigenvalue weighted by molar-refractivity contribution is 0.585. The molecule has 1 aromatic heterocycles. The van der Waals surface area contributed by atoms with Crippen molar-refractivity contribution in [1.82, 2.24) is 9.97 Å². The van der Waals surface area contributed by atoms with Crippen molar-refractivity contribution in [2.45, 2.75) is 17.7 Å². The first kappa shape index (κ1) is 13.3. The molecule has 2 aromatic rings. The number of hydrogen-bond acceptors (Lipinski definition) is 4. The van der Waals surface area contributed by atoms with Gasteiger partial charge in [0, 0.05) is 6.54 Å². The first-order valence-corrected chi connectivity index (χ1v) is 7.99. The molecule has 0 bridgehead atoms. The molecule has 0 aliphatic carbocycles. The van der Waals surface area contributed by atoms with Crippen molar-refractivity contribution in [3.63, 3.8) is 0 Å². The third kappa shape index (κ3) is 2.25. The van der Waals surface area contributed by atoms with Gasteiger partial charge in [0.15, 0.2) is 0 Å². The summed E-state index contributed by atoms with van der Waals surface area (Å²) in [4.78, 5) is 7.54. The molecule has 0 atom stereocenters. The summed E-state index contributed by atoms with van der Waals surface area (Å²) in [6.07, 6.45) is 4.16. The third-order valence-electron chi connectivity index (χ3n) is 3.25. The summed E-state index contributed by atoms with van der Waals surface area (Å²) in [6.45, 7) is 0.460. The molecule has 0 saturated heterocycles. The molecule has 1 aliphatic rings. The van der Waals surface area contributed by atoms with Crippen LogP contribution in [0, 0.1) is 0 Å². The highest BCUT2D eigenvalue weighted by Crippen LogP contribution is 2.31. The number of halogens is 1. The Kier molecular flexibility index (Phi) is 3.35. The van der Waals surface area contributed by atoms with E-state index in [-0.39, 0.29) is 10.2 Å². The summed E-state index contributed by atoms with van der Waals surface area (Å²) < 4.78 is 26.7. The highest BCUT2D eigenvalue weighted by molar-refractivity contribution is 7.92. The number of anilines is 1. The zero-order valence-electron chi connectivity index (χ0n) is 10.5. The van der Waals surface area contributed by atoms with Crippen molar-refractivity contribution in [3.05, 3.63) is 47.5 Å². The molecule has 0 saturated carbocycles. The van der Waals surface area contributed by atoms with E-state index in [1.165, 1.54) is 16.7 Å². The van der Waals surface area contributed by atoms with Gasteiger partial charge < -0.3 is 0 Å². The monoisotopic (exact) mass is 309 g/mol. The lowest BCUT2D eigenvalue weighted by atomic mass is 10.0. The summed E-state index contributed by atoms with van der Waals surface area (Å²) in [6, 6.07) is 7.53. The van der Waals surface area contributed by atoms with E-state index in [0.29, 0.717) is 6.54 Å². The molecular weight excluding hydrogens is 298 g/mol. The van der Waals surface area contributed by atoms with Crippen LogP contribution in [0.3, 0.4) is 0 Å². The molecule has 3 rings (SSSR count). The zero-order chi connectivity index (χ0) is 14.2. The average molecular weight is 310 g/mol. The van der Waals surface area contributed by atoms with Crippen LogP contribution in [0.1, 0.15) is 12.0 Å². The Hall–Kier alpha value is -1.66. The number of fused-ring (bicyclic) bond motifs is 1. The van der Waals surface area contributed by atoms with Gasteiger partial charge in [0.05, 0.1) is 18.1 Å². The molecule has 0 spiro atoms. The first-order valence-electron chi connectivity index (χ1n) is 6.17. The topological polar surface area (TPSA) is 63.2 Å². The summed E-state index contributed by atoms with van der Waals surface area (Å²) in [5.41, 5.74) is 1.77. The summed E-state index contributed by atoms with van der Waals surface area (Å²) in [5, 5.41) is 0.0306. The van der Waals surface area contributed by atoms with Crippen LogP contribution in [0.5, 0.6) is 0 Å². The van der Waals surface area contributed by atoms with Crippen molar-refractivity contribution in [1.29, 1.82) is 0 Å². The quantitative estimate of drug-likeness (QED) is 0.798. The molecule has 5 nitrogen and oxygen atoms in total. The first-order chi connectivity index (χ1) is 9.59. The normalized spacial score (nSPS) is 14.9. The van der Waals surface area contributed by atoms with Gasteiger partial charge in [0.25, 0.3) is 10.0 Å². The number of sulfonamides is 1. The van der Waals surface area contributed by atoms with Crippen molar-refractivity contribution in [2.75, 3.05) is 10.8 Å². The molecule has 1 aromatic carbocycles. The standard InChI is InChI=1S/C13H12ClN3O2S/c14-13-15-8-11(9-16-13)20(18,19)17-7-3-5-10-4-1-2-6-12(10)17/h1-2,4,6,8-9H,3,5,7H2. The number of hydrogen-bond donors (Lipinski definition) is 0. The smallest absolute Gasteiger partial charge is 0.266 e. The van der Waals surface area contributed by atoms with Crippen LogP contribution in [-0.4, -0.2) is 24.9 Å². The predicted octanol–water partition coefficient (Wildman–Crippen LogP) is 2.27. The minimum Gasteiger partial charge on any atom is -0.266 e. The van der Waals surface area contributed by atoms with Gasteiger partial charge >= 0.3 is 0 Å². The van der Waals surface area contributed by atoms with Crippen molar-refractivity contribution in [3.8, 4) is 0 Å². The van der Waals surface area contributed by atoms with E-state index in [1.807, 2.05) is 24.3 Å². The Morgan fingerprint density at radius 1 is 1.15 bits per heavy atom. The van der Waals surface area contributed by atoms with Gasteiger partial charge in [-0.2, -0.15) is 0 Å². The van der Waals surface area contributed by atoms with Gasteiger partial charge in [0.2, 0.25) is 5.28 Å². The summed E-state index contributed by atoms with van der Waals surface area (Å²) in [5.74, 6) is 0. The second kappa shape index (κ2) is 5.03. The number of aromatic nitrogens is 2. The highest BCUT2D eigenvalue weighted by atomic mass is 35.5. The second-order valence-corrected chi connectivity index (χ2v) is 6.70. The van der Waals surface area contributed by atoms with Crippen LogP contribution in [0.2, 0.25) is 5.28 Å². The van der Waals surface area contributed by atoms with E-state index in [4.69, 9.17) is 11.6 Å². The second-order valence-electron chi connectivity index (χ2n) is 4.50. The largest absolute Gasteiger partial charge is 0.267 e. The van der Waals surface area contributed by atoms with Crippen LogP contribution in [0.25, 0.3) is 0 Å². The molecule has 0 amide bonds. The Morgan fingerprint density at radius 2 is 1.85 bits per heavy atom. The highest BCUT2D eigenvalue weighted by Gasteiger charge is 2.29. The lowest BCUT2D eigenvalue weighted by Crippen LogP contribution is -2.35. The SMILES string of the molecule is O=S(=O)(c1cnc(Cl)nc1)N1CCCc2ccccc21. The van der Waals surface area contributed by atoms with Crippen LogP contribution >= 0.6 is 11.6 Å². The van der Waals surface area contributed by atoms with Crippen molar-refractivity contribution < 1.29 is 8.42 Å². The Labute approximate surface area is 122 Å². The lowest BCUT2D eigenvalue weighted by Gasteiger charge is -2.30. The fourth-order valence-electron chi connectivity index (χ4n) is 2.31.